The summed E-state index contributed by atoms with van der Waals surface area (Å²) in [4.78, 5) is 125. The van der Waals surface area contributed by atoms with Crippen molar-refractivity contribution in [2.45, 2.75) is 135 Å². The fraction of sp³-hybridized carbons (Fsp3) is 0.636. The summed E-state index contributed by atoms with van der Waals surface area (Å²) in [5.41, 5.74) is 4.36. The number of carboxylic acids is 1. The Bertz CT molecular complexity index is 1810. The number of ketones is 3. The smallest absolute Gasteiger partial charge is 0.338 e. The van der Waals surface area contributed by atoms with Gasteiger partial charge in [-0.3, -0.25) is 38.5 Å². The molecule has 3 fully saturated rings. The first-order valence-corrected chi connectivity index (χ1v) is 21.1. The lowest BCUT2D eigenvalue weighted by atomic mass is 9.75. The normalized spacial score (nSPS) is 19.8. The molecule has 5 N–H and O–H groups in total. The zero-order valence-electron chi connectivity index (χ0n) is 35.2. The summed E-state index contributed by atoms with van der Waals surface area (Å²) in [5.74, 6) is -7.97. The maximum atomic E-state index is 14.5. The molecule has 1 saturated heterocycles. The maximum absolute atomic E-state index is 14.5. The molecule has 16 nitrogen and oxygen atoms in total. The van der Waals surface area contributed by atoms with E-state index < -0.39 is 89.7 Å². The molecule has 0 unspecified atom stereocenters. The van der Waals surface area contributed by atoms with Crippen LogP contribution in [0.25, 0.3) is 0 Å². The van der Waals surface area contributed by atoms with E-state index in [9.17, 15) is 48.3 Å². The monoisotopic (exact) mass is 835 g/mol. The van der Waals surface area contributed by atoms with Gasteiger partial charge >= 0.3 is 11.9 Å². The number of carboxylic acid groups (broad SMARTS) is 1. The van der Waals surface area contributed by atoms with Gasteiger partial charge < -0.3 is 31.1 Å². The van der Waals surface area contributed by atoms with Crippen LogP contribution in [-0.4, -0.2) is 99.7 Å². The second kappa shape index (κ2) is 21.8. The van der Waals surface area contributed by atoms with Crippen molar-refractivity contribution in [2.75, 3.05) is 13.7 Å². The van der Waals surface area contributed by atoms with E-state index in [1.807, 2.05) is 0 Å². The van der Waals surface area contributed by atoms with Crippen molar-refractivity contribution < 1.29 is 53.0 Å². The van der Waals surface area contributed by atoms with E-state index in [1.165, 1.54) is 31.5 Å². The van der Waals surface area contributed by atoms with Gasteiger partial charge in [0.2, 0.25) is 23.6 Å². The van der Waals surface area contributed by atoms with Gasteiger partial charge in [0.25, 0.3) is 0 Å². The summed E-state index contributed by atoms with van der Waals surface area (Å²) < 4.78 is 4.62. The molecule has 2 heterocycles. The highest BCUT2D eigenvalue weighted by molar-refractivity contribution is 6.07. The number of pyridine rings is 1. The molecule has 60 heavy (non-hydrogen) atoms. The van der Waals surface area contributed by atoms with Gasteiger partial charge in [0.1, 0.15) is 12.1 Å². The van der Waals surface area contributed by atoms with Crippen molar-refractivity contribution in [1.29, 1.82) is 0 Å². The van der Waals surface area contributed by atoms with E-state index >= 15 is 0 Å². The Morgan fingerprint density at radius 3 is 2.15 bits per heavy atom. The number of hydrogen-bond donors (Lipinski definition) is 4. The van der Waals surface area contributed by atoms with Crippen LogP contribution in [0.1, 0.15) is 138 Å². The molecule has 5 atom stereocenters. The number of nitrogens with one attached hydrogen (secondary N) is 2. The molecule has 328 valence electrons. The molecule has 1 aliphatic heterocycles. The largest absolute Gasteiger partial charge is 0.478 e. The molecule has 0 spiro atoms. The molecular weight excluding hydrogens is 775 g/mol. The SMILES string of the molecule is COC(=O)/C=C/CC[C@H](CC(=O)c1ccncc1C(=O)O)C(=O)N[C@H](C(=O)N1CC(=O)C[C@H]1C(=O)N[C@H](C(=O)C[C@H](C(N)=O)C1CCCCC1)C1CCCCC1)C(C)(C)C. The van der Waals surface area contributed by atoms with Crippen LogP contribution < -0.4 is 16.4 Å². The minimum Gasteiger partial charge on any atom is -0.478 e. The topological polar surface area (TPSA) is 249 Å². The highest BCUT2D eigenvalue weighted by atomic mass is 16.5. The standard InChI is InChI=1S/C44H61N5O11/c1-44(2,3)38(48-40(55)28(17-11-12-18-36(53)60-4)21-34(51)30-19-20-46-24-32(30)43(58)59)42(57)49-25-29(50)22-33(49)41(56)47-37(27-15-9-6-10-16-27)35(52)23-31(39(45)54)26-13-7-5-8-14-26/h12,18-20,24,26-28,31,33,37-38H,5-11,13-17,21-23,25H2,1-4H3,(H2,45,54)(H,47,56)(H,48,55)(H,58,59)/b18-12+/t28-,31+,33+,37+,38-/m1/s1. The van der Waals surface area contributed by atoms with Crippen molar-refractivity contribution in [3.8, 4) is 0 Å². The molecule has 0 bridgehead atoms. The molecule has 1 aromatic rings. The number of rotatable bonds is 19. The minimum atomic E-state index is -1.38. The number of nitrogens with zero attached hydrogens (tertiary/aromatic N) is 2. The van der Waals surface area contributed by atoms with Gasteiger partial charge in [0.15, 0.2) is 17.3 Å². The summed E-state index contributed by atoms with van der Waals surface area (Å²) in [7, 11) is 1.20. The van der Waals surface area contributed by atoms with Gasteiger partial charge in [-0.25, -0.2) is 9.59 Å². The molecule has 4 amide bonds. The maximum Gasteiger partial charge on any atom is 0.338 e. The van der Waals surface area contributed by atoms with Crippen molar-refractivity contribution in [1.82, 2.24) is 20.5 Å². The number of carbonyl (C=O) groups excluding carboxylic acids is 8. The average molecular weight is 836 g/mol. The molecular formula is C44H61N5O11. The lowest BCUT2D eigenvalue weighted by molar-refractivity contribution is -0.145. The molecule has 1 aromatic heterocycles. The fourth-order valence-corrected chi connectivity index (χ4v) is 8.80. The van der Waals surface area contributed by atoms with E-state index in [0.29, 0.717) is 12.8 Å². The van der Waals surface area contributed by atoms with Gasteiger partial charge in [-0.2, -0.15) is 0 Å². The molecule has 2 saturated carbocycles. The summed E-state index contributed by atoms with van der Waals surface area (Å²) in [5, 5.41) is 15.3. The summed E-state index contributed by atoms with van der Waals surface area (Å²) >= 11 is 0. The van der Waals surface area contributed by atoms with E-state index in [0.717, 1.165) is 62.5 Å². The summed E-state index contributed by atoms with van der Waals surface area (Å²) in [6.45, 7) is 4.67. The number of Topliss-reactive ketones (excluding diaryl/α,β-unsaturated/α-hetero) is 3. The van der Waals surface area contributed by atoms with Crippen LogP contribution in [0, 0.1) is 29.1 Å². The summed E-state index contributed by atoms with van der Waals surface area (Å²) in [6, 6.07) is -2.28. The Balaban J connectivity index is 1.57. The number of aromatic nitrogens is 1. The Kier molecular flexibility index (Phi) is 17.2. The number of carbonyl (C=O) groups is 9. The quantitative estimate of drug-likeness (QED) is 0.0881. The second-order valence-corrected chi connectivity index (χ2v) is 17.5. The molecule has 2 aliphatic carbocycles. The number of primary amides is 1. The first-order chi connectivity index (χ1) is 28.4. The van der Waals surface area contributed by atoms with E-state index in [2.05, 4.69) is 20.4 Å². The zero-order valence-corrected chi connectivity index (χ0v) is 35.2. The van der Waals surface area contributed by atoms with Crippen LogP contribution in [0.2, 0.25) is 0 Å². The Labute approximate surface area is 351 Å². The van der Waals surface area contributed by atoms with Gasteiger partial charge in [0, 0.05) is 55.1 Å². The van der Waals surface area contributed by atoms with E-state index in [4.69, 9.17) is 5.73 Å². The van der Waals surface area contributed by atoms with Gasteiger partial charge in [0.05, 0.1) is 25.3 Å². The number of aromatic carboxylic acids is 1. The zero-order chi connectivity index (χ0) is 44.1. The first-order valence-electron chi connectivity index (χ1n) is 21.1. The van der Waals surface area contributed by atoms with Gasteiger partial charge in [-0.1, -0.05) is 65.4 Å². The minimum absolute atomic E-state index is 0.0140. The van der Waals surface area contributed by atoms with Gasteiger partial charge in [-0.15, -0.1) is 0 Å². The van der Waals surface area contributed by atoms with E-state index in [1.54, 1.807) is 20.8 Å². The highest BCUT2D eigenvalue weighted by Crippen LogP contribution is 2.34. The van der Waals surface area contributed by atoms with Crippen molar-refractivity contribution >= 4 is 52.9 Å². The number of methoxy groups -OCH3 is 1. The number of esters is 1. The predicted molar refractivity (Wildman–Crippen MR) is 218 cm³/mol. The molecule has 0 aromatic carbocycles. The van der Waals surface area contributed by atoms with Crippen LogP contribution in [0.3, 0.4) is 0 Å². The first kappa shape index (κ1) is 47.4. The number of likely N-dealkylation sites (tertiary alicyclic amines) is 1. The fourth-order valence-electron chi connectivity index (χ4n) is 8.80. The Morgan fingerprint density at radius 2 is 1.57 bits per heavy atom. The van der Waals surface area contributed by atoms with Crippen molar-refractivity contribution in [2.24, 2.45) is 34.8 Å². The molecule has 4 rings (SSSR count). The Hall–Kier alpha value is -5.28. The van der Waals surface area contributed by atoms with E-state index in [-0.39, 0.29) is 60.2 Å². The average Bonchev–Trinajstić information content (AvgIpc) is 3.63. The highest BCUT2D eigenvalue weighted by Gasteiger charge is 2.46. The van der Waals surface area contributed by atoms with Crippen LogP contribution in [0.5, 0.6) is 0 Å². The van der Waals surface area contributed by atoms with Gasteiger partial charge in [-0.05, 0) is 61.8 Å². The molecule has 16 heteroatoms. The van der Waals surface area contributed by atoms with Crippen LogP contribution in [0.4, 0.5) is 0 Å². The number of nitrogens with two attached hydrogens (primary N) is 1. The van der Waals surface area contributed by atoms with Crippen molar-refractivity contribution in [3.63, 3.8) is 0 Å². The molecule has 0 radical (unpaired) electrons. The number of hydrogen-bond acceptors (Lipinski definition) is 11. The van der Waals surface area contributed by atoms with Crippen molar-refractivity contribution in [3.05, 3.63) is 41.7 Å². The summed E-state index contributed by atoms with van der Waals surface area (Å²) in [6.07, 6.45) is 12.9. The number of allylic oxidation sites excluding steroid dienone is 1. The second-order valence-electron chi connectivity index (χ2n) is 17.5. The number of amides is 4. The lowest BCUT2D eigenvalue weighted by Gasteiger charge is -2.37. The number of ether oxygens (including phenoxy) is 1. The predicted octanol–water partition coefficient (Wildman–Crippen LogP) is 3.89. The van der Waals surface area contributed by atoms with Crippen LogP contribution in [-0.2, 0) is 38.3 Å². The molecule has 3 aliphatic rings. The third-order valence-electron chi connectivity index (χ3n) is 12.2. The lowest BCUT2D eigenvalue weighted by Crippen LogP contribution is -2.59. The third kappa shape index (κ3) is 12.9. The Morgan fingerprint density at radius 1 is 0.933 bits per heavy atom. The third-order valence-corrected chi connectivity index (χ3v) is 12.2. The van der Waals surface area contributed by atoms with Crippen LogP contribution in [0.15, 0.2) is 30.6 Å². The van der Waals surface area contributed by atoms with Crippen LogP contribution >= 0.6 is 0 Å².